The number of nitrogens with zero attached hydrogens (tertiary/aromatic N) is 1. The number of carboxylic acid groups (broad SMARTS) is 1. The zero-order chi connectivity index (χ0) is 9.68. The Labute approximate surface area is 78.2 Å². The Bertz CT molecular complexity index is 172. The van der Waals surface area contributed by atoms with Crippen LogP contribution in [0.1, 0.15) is 32.1 Å². The molecule has 1 heterocycles. The first-order valence-electron chi connectivity index (χ1n) is 4.86. The third-order valence-corrected chi connectivity index (χ3v) is 2.59. The minimum atomic E-state index is -0.847. The van der Waals surface area contributed by atoms with Crippen LogP contribution in [-0.2, 0) is 0 Å². The molecule has 0 unspecified atom stereocenters. The van der Waals surface area contributed by atoms with Gasteiger partial charge in [-0.1, -0.05) is 12.8 Å². The van der Waals surface area contributed by atoms with E-state index in [1.807, 2.05) is 0 Å². The van der Waals surface area contributed by atoms with Gasteiger partial charge in [-0.2, -0.15) is 0 Å². The average molecular weight is 187 g/mol. The van der Waals surface area contributed by atoms with Crippen molar-refractivity contribution in [2.45, 2.75) is 38.1 Å². The number of likely N-dealkylation sites (tertiary alicyclic amines) is 1. The molecule has 2 N–H and O–H groups in total. The molecule has 0 aromatic heterocycles. The maximum absolute atomic E-state index is 10.8. The van der Waals surface area contributed by atoms with Crippen molar-refractivity contribution in [2.24, 2.45) is 0 Å². The van der Waals surface area contributed by atoms with Gasteiger partial charge in [-0.15, -0.1) is 0 Å². The first kappa shape index (κ1) is 10.3. The minimum Gasteiger partial charge on any atom is -0.465 e. The predicted octanol–water partition coefficient (Wildman–Crippen LogP) is 1.29. The number of amides is 1. The van der Waals surface area contributed by atoms with Crippen LogP contribution in [-0.4, -0.2) is 40.4 Å². The topological polar surface area (TPSA) is 60.8 Å². The van der Waals surface area contributed by atoms with Crippen LogP contribution >= 0.6 is 0 Å². The van der Waals surface area contributed by atoms with Gasteiger partial charge in [-0.3, -0.25) is 0 Å². The lowest BCUT2D eigenvalue weighted by molar-refractivity contribution is 0.115. The molecule has 0 bridgehead atoms. The van der Waals surface area contributed by atoms with Gasteiger partial charge in [0, 0.05) is 19.2 Å². The second-order valence-corrected chi connectivity index (χ2v) is 3.49. The summed E-state index contributed by atoms with van der Waals surface area (Å²) in [5, 5.41) is 17.7. The van der Waals surface area contributed by atoms with Crippen LogP contribution in [0.5, 0.6) is 0 Å². The molecule has 4 nitrogen and oxygen atoms in total. The van der Waals surface area contributed by atoms with Gasteiger partial charge in [-0.25, -0.2) is 4.79 Å². The third kappa shape index (κ3) is 2.88. The highest BCUT2D eigenvalue weighted by molar-refractivity contribution is 5.65. The van der Waals surface area contributed by atoms with E-state index in [1.165, 1.54) is 4.90 Å². The first-order chi connectivity index (χ1) is 6.25. The molecule has 76 valence electrons. The fourth-order valence-corrected chi connectivity index (χ4v) is 1.88. The largest absolute Gasteiger partial charge is 0.465 e. The normalized spacial score (nSPS) is 24.1. The number of carbonyl (C=O) groups is 1. The van der Waals surface area contributed by atoms with Gasteiger partial charge < -0.3 is 15.1 Å². The van der Waals surface area contributed by atoms with E-state index in [-0.39, 0.29) is 12.6 Å². The van der Waals surface area contributed by atoms with E-state index in [9.17, 15) is 4.79 Å². The number of aliphatic hydroxyl groups is 1. The highest BCUT2D eigenvalue weighted by Gasteiger charge is 2.23. The lowest BCUT2D eigenvalue weighted by Crippen LogP contribution is -2.39. The summed E-state index contributed by atoms with van der Waals surface area (Å²) in [6.07, 6.45) is 3.76. The maximum atomic E-state index is 10.8. The van der Waals surface area contributed by atoms with Crippen molar-refractivity contribution < 1.29 is 15.0 Å². The van der Waals surface area contributed by atoms with Gasteiger partial charge in [0.05, 0.1) is 0 Å². The van der Waals surface area contributed by atoms with Crippen molar-refractivity contribution in [2.75, 3.05) is 13.2 Å². The van der Waals surface area contributed by atoms with Gasteiger partial charge in [0.2, 0.25) is 0 Å². The Morgan fingerprint density at radius 3 is 2.77 bits per heavy atom. The summed E-state index contributed by atoms with van der Waals surface area (Å²) in [5.41, 5.74) is 0. The van der Waals surface area contributed by atoms with Crippen molar-refractivity contribution in [1.29, 1.82) is 0 Å². The van der Waals surface area contributed by atoms with Gasteiger partial charge in [0.25, 0.3) is 0 Å². The standard InChI is InChI=1S/C9H17NO3/c11-7-5-8-4-2-1-3-6-10(8)9(12)13/h8,11H,1-7H2,(H,12,13)/t8-/m0/s1. The van der Waals surface area contributed by atoms with Gasteiger partial charge >= 0.3 is 6.09 Å². The Balaban J connectivity index is 2.55. The van der Waals surface area contributed by atoms with Crippen LogP contribution in [0.15, 0.2) is 0 Å². The molecule has 1 atom stereocenters. The molecule has 1 aliphatic heterocycles. The molecule has 0 spiro atoms. The summed E-state index contributed by atoms with van der Waals surface area (Å²) in [5.74, 6) is 0. The van der Waals surface area contributed by atoms with E-state index in [1.54, 1.807) is 0 Å². The smallest absolute Gasteiger partial charge is 0.407 e. The quantitative estimate of drug-likeness (QED) is 0.684. The minimum absolute atomic E-state index is 0.0324. The van der Waals surface area contributed by atoms with Crippen molar-refractivity contribution in [1.82, 2.24) is 4.90 Å². The first-order valence-corrected chi connectivity index (χ1v) is 4.86. The average Bonchev–Trinajstić information content (AvgIpc) is 2.30. The molecule has 4 heteroatoms. The van der Waals surface area contributed by atoms with Crippen LogP contribution < -0.4 is 0 Å². The molecule has 1 fully saturated rings. The molecular weight excluding hydrogens is 170 g/mol. The van der Waals surface area contributed by atoms with E-state index in [4.69, 9.17) is 10.2 Å². The second-order valence-electron chi connectivity index (χ2n) is 3.49. The van der Waals surface area contributed by atoms with Crippen molar-refractivity contribution in [3.05, 3.63) is 0 Å². The van der Waals surface area contributed by atoms with E-state index in [0.717, 1.165) is 25.7 Å². The third-order valence-electron chi connectivity index (χ3n) is 2.59. The van der Waals surface area contributed by atoms with E-state index >= 15 is 0 Å². The monoisotopic (exact) mass is 187 g/mol. The Morgan fingerprint density at radius 1 is 1.38 bits per heavy atom. The zero-order valence-corrected chi connectivity index (χ0v) is 7.78. The van der Waals surface area contributed by atoms with Crippen molar-refractivity contribution in [3.8, 4) is 0 Å². The Kier molecular flexibility index (Phi) is 4.02. The van der Waals surface area contributed by atoms with Crippen LogP contribution in [0.4, 0.5) is 4.79 Å². The maximum Gasteiger partial charge on any atom is 0.407 e. The molecule has 0 saturated carbocycles. The highest BCUT2D eigenvalue weighted by atomic mass is 16.4. The lowest BCUT2D eigenvalue weighted by Gasteiger charge is -2.26. The molecule has 1 aliphatic rings. The molecule has 0 radical (unpaired) electrons. The molecule has 1 amide bonds. The van der Waals surface area contributed by atoms with Gasteiger partial charge in [0.15, 0.2) is 0 Å². The van der Waals surface area contributed by atoms with Crippen LogP contribution in [0.25, 0.3) is 0 Å². The molecule has 13 heavy (non-hydrogen) atoms. The fraction of sp³-hybridized carbons (Fsp3) is 0.889. The van der Waals surface area contributed by atoms with Gasteiger partial charge in [-0.05, 0) is 19.3 Å². The summed E-state index contributed by atoms with van der Waals surface area (Å²) in [4.78, 5) is 12.3. The van der Waals surface area contributed by atoms with Gasteiger partial charge in [0.1, 0.15) is 0 Å². The van der Waals surface area contributed by atoms with Crippen LogP contribution in [0.2, 0.25) is 0 Å². The summed E-state index contributed by atoms with van der Waals surface area (Å²) >= 11 is 0. The summed E-state index contributed by atoms with van der Waals surface area (Å²) in [6, 6.07) is 0.0324. The number of hydrogen-bond acceptors (Lipinski definition) is 2. The van der Waals surface area contributed by atoms with E-state index < -0.39 is 6.09 Å². The second kappa shape index (κ2) is 5.07. The van der Waals surface area contributed by atoms with Crippen molar-refractivity contribution in [3.63, 3.8) is 0 Å². The Morgan fingerprint density at radius 2 is 2.15 bits per heavy atom. The predicted molar refractivity (Wildman–Crippen MR) is 48.7 cm³/mol. The van der Waals surface area contributed by atoms with Crippen LogP contribution in [0, 0.1) is 0 Å². The molecule has 1 rings (SSSR count). The number of aliphatic hydroxyl groups excluding tert-OH is 1. The molecule has 1 saturated heterocycles. The summed E-state index contributed by atoms with van der Waals surface area (Å²) in [6.45, 7) is 0.703. The number of hydrogen-bond donors (Lipinski definition) is 2. The number of rotatable bonds is 2. The van der Waals surface area contributed by atoms with Crippen LogP contribution in [0.3, 0.4) is 0 Å². The highest BCUT2D eigenvalue weighted by Crippen LogP contribution is 2.18. The molecule has 0 aliphatic carbocycles. The SMILES string of the molecule is O=C(O)N1CCCCC[C@H]1CCO. The van der Waals surface area contributed by atoms with Crippen molar-refractivity contribution >= 4 is 6.09 Å². The van der Waals surface area contributed by atoms with E-state index in [0.29, 0.717) is 13.0 Å². The van der Waals surface area contributed by atoms with E-state index in [2.05, 4.69) is 0 Å². The lowest BCUT2D eigenvalue weighted by atomic mass is 10.1. The zero-order valence-electron chi connectivity index (χ0n) is 7.78. The Hall–Kier alpha value is -0.770. The molecule has 0 aromatic carbocycles. The fourth-order valence-electron chi connectivity index (χ4n) is 1.88. The summed E-state index contributed by atoms with van der Waals surface area (Å²) < 4.78 is 0. The molecular formula is C9H17NO3. The molecule has 0 aromatic rings. The summed E-state index contributed by atoms with van der Waals surface area (Å²) in [7, 11) is 0.